The van der Waals surface area contributed by atoms with Crippen LogP contribution >= 0.6 is 0 Å². The minimum absolute atomic E-state index is 0.356. The van der Waals surface area contributed by atoms with Crippen molar-refractivity contribution >= 4 is 11.9 Å². The van der Waals surface area contributed by atoms with Crippen LogP contribution in [0.1, 0.15) is 46.5 Å². The van der Waals surface area contributed by atoms with Gasteiger partial charge >= 0.3 is 11.9 Å². The second-order valence-corrected chi connectivity index (χ2v) is 4.47. The quantitative estimate of drug-likeness (QED) is 0.367. The highest BCUT2D eigenvalue weighted by Gasteiger charge is 2.27. The van der Waals surface area contributed by atoms with Crippen LogP contribution in [0.3, 0.4) is 0 Å². The molecule has 0 heterocycles. The Labute approximate surface area is 121 Å². The Morgan fingerprint density at radius 3 is 2.35 bits per heavy atom. The number of hydrogen-bond donors (Lipinski definition) is 0. The molecule has 0 aromatic carbocycles. The lowest BCUT2D eigenvalue weighted by Gasteiger charge is -2.28. The van der Waals surface area contributed by atoms with E-state index >= 15 is 0 Å². The number of ether oxygens (including phenoxy) is 2. The number of esters is 2. The smallest absolute Gasteiger partial charge is 0.307 e. The zero-order chi connectivity index (χ0) is 15.4. The van der Waals surface area contributed by atoms with E-state index < -0.39 is 5.60 Å². The molecular formula is C16H24O4. The van der Waals surface area contributed by atoms with Crippen molar-refractivity contribution in [3.63, 3.8) is 0 Å². The zero-order valence-electron chi connectivity index (χ0n) is 12.6. The molecule has 0 N–H and O–H groups in total. The summed E-state index contributed by atoms with van der Waals surface area (Å²) < 4.78 is 10.1. The maximum atomic E-state index is 11.3. The molecule has 0 saturated heterocycles. The van der Waals surface area contributed by atoms with Gasteiger partial charge in [-0.2, -0.15) is 0 Å². The maximum Gasteiger partial charge on any atom is 0.307 e. The van der Waals surface area contributed by atoms with E-state index in [1.54, 1.807) is 12.2 Å². The van der Waals surface area contributed by atoms with E-state index in [-0.39, 0.29) is 11.9 Å². The molecular weight excluding hydrogens is 256 g/mol. The van der Waals surface area contributed by atoms with Gasteiger partial charge in [0, 0.05) is 20.3 Å². The monoisotopic (exact) mass is 280 g/mol. The average molecular weight is 280 g/mol. The Bertz CT molecular complexity index is 382. The second-order valence-electron chi connectivity index (χ2n) is 4.47. The number of rotatable bonds is 9. The molecule has 0 aliphatic heterocycles. The molecule has 0 amide bonds. The largest absolute Gasteiger partial charge is 0.455 e. The van der Waals surface area contributed by atoms with Crippen LogP contribution in [0.5, 0.6) is 0 Å². The number of hydrogen-bond acceptors (Lipinski definition) is 4. The van der Waals surface area contributed by atoms with Crippen molar-refractivity contribution < 1.29 is 19.1 Å². The van der Waals surface area contributed by atoms with E-state index in [2.05, 4.69) is 25.7 Å². The summed E-state index contributed by atoms with van der Waals surface area (Å²) in [6.45, 7) is 8.51. The molecule has 0 aliphatic rings. The lowest BCUT2D eigenvalue weighted by Crippen LogP contribution is -2.31. The number of allylic oxidation sites excluding steroid dienone is 2. The van der Waals surface area contributed by atoms with Gasteiger partial charge in [0.15, 0.2) is 0 Å². The summed E-state index contributed by atoms with van der Waals surface area (Å²) in [6, 6.07) is 0. The van der Waals surface area contributed by atoms with Crippen molar-refractivity contribution in [2.24, 2.45) is 0 Å². The Morgan fingerprint density at radius 2 is 1.85 bits per heavy atom. The molecule has 0 saturated carbocycles. The lowest BCUT2D eigenvalue weighted by molar-refractivity contribution is -0.152. The zero-order valence-corrected chi connectivity index (χ0v) is 12.6. The van der Waals surface area contributed by atoms with Crippen molar-refractivity contribution in [1.29, 1.82) is 0 Å². The third-order valence-electron chi connectivity index (χ3n) is 2.65. The highest BCUT2D eigenvalue weighted by molar-refractivity contribution is 5.67. The topological polar surface area (TPSA) is 52.6 Å². The van der Waals surface area contributed by atoms with Crippen LogP contribution < -0.4 is 0 Å². The van der Waals surface area contributed by atoms with Crippen molar-refractivity contribution in [2.45, 2.75) is 52.1 Å². The number of carbonyl (C=O) groups is 2. The maximum absolute atomic E-state index is 11.3. The second kappa shape index (κ2) is 10.0. The Hall–Kier alpha value is -1.84. The molecule has 0 aromatic rings. The van der Waals surface area contributed by atoms with Crippen LogP contribution in [0, 0.1) is 0 Å². The normalized spacial score (nSPS) is 14.2. The summed E-state index contributed by atoms with van der Waals surface area (Å²) in [5.41, 5.74) is -0.763. The molecule has 0 radical (unpaired) electrons. The van der Waals surface area contributed by atoms with E-state index in [4.69, 9.17) is 9.47 Å². The minimum Gasteiger partial charge on any atom is -0.455 e. The van der Waals surface area contributed by atoms with Gasteiger partial charge in [-0.1, -0.05) is 25.7 Å². The first-order valence-corrected chi connectivity index (χ1v) is 6.76. The van der Waals surface area contributed by atoms with Gasteiger partial charge in [-0.15, -0.1) is 0 Å². The van der Waals surface area contributed by atoms with Gasteiger partial charge in [-0.3, -0.25) is 9.59 Å². The van der Waals surface area contributed by atoms with Crippen LogP contribution in [-0.4, -0.2) is 17.5 Å². The summed E-state index contributed by atoms with van der Waals surface area (Å²) >= 11 is 0. The van der Waals surface area contributed by atoms with Gasteiger partial charge in [0.05, 0.1) is 6.26 Å². The molecule has 0 rings (SSSR count). The van der Waals surface area contributed by atoms with Crippen molar-refractivity contribution in [1.82, 2.24) is 0 Å². The standard InChI is InChI=1S/C16H24O4/c1-5-7-8-9-11-16(6-2,20-15(4)18)12-10-13-19-14(3)17/h6-8,10,13H,2,5,9,11-12H2,1,3-4H3. The summed E-state index contributed by atoms with van der Waals surface area (Å²) in [5, 5.41) is 0. The molecule has 0 aliphatic carbocycles. The molecule has 112 valence electrons. The molecule has 20 heavy (non-hydrogen) atoms. The predicted molar refractivity (Wildman–Crippen MR) is 78.9 cm³/mol. The summed E-state index contributed by atoms with van der Waals surface area (Å²) in [7, 11) is 0. The fourth-order valence-corrected chi connectivity index (χ4v) is 1.71. The van der Waals surface area contributed by atoms with E-state index in [9.17, 15) is 9.59 Å². The molecule has 0 spiro atoms. The van der Waals surface area contributed by atoms with E-state index in [0.717, 1.165) is 12.8 Å². The molecule has 1 atom stereocenters. The highest BCUT2D eigenvalue weighted by atomic mass is 16.6. The SMILES string of the molecule is C=CC(CC=COC(C)=O)(CCC=CCC)OC(C)=O. The van der Waals surface area contributed by atoms with Crippen LogP contribution in [0.4, 0.5) is 0 Å². The van der Waals surface area contributed by atoms with E-state index in [1.807, 2.05) is 0 Å². The highest BCUT2D eigenvalue weighted by Crippen LogP contribution is 2.25. The van der Waals surface area contributed by atoms with E-state index in [1.165, 1.54) is 20.1 Å². The van der Waals surface area contributed by atoms with Crippen LogP contribution in [0.25, 0.3) is 0 Å². The molecule has 4 heteroatoms. The Morgan fingerprint density at radius 1 is 1.15 bits per heavy atom. The van der Waals surface area contributed by atoms with Gasteiger partial charge in [-0.25, -0.2) is 0 Å². The van der Waals surface area contributed by atoms with Gasteiger partial charge in [0.25, 0.3) is 0 Å². The molecule has 0 aromatic heterocycles. The van der Waals surface area contributed by atoms with Crippen molar-refractivity contribution in [3.05, 3.63) is 37.1 Å². The molecule has 0 bridgehead atoms. The van der Waals surface area contributed by atoms with Crippen LogP contribution in [-0.2, 0) is 19.1 Å². The van der Waals surface area contributed by atoms with Gasteiger partial charge in [-0.05, 0) is 31.4 Å². The predicted octanol–water partition coefficient (Wildman–Crippen LogP) is 3.69. The average Bonchev–Trinajstić information content (AvgIpc) is 2.38. The number of carbonyl (C=O) groups excluding carboxylic acids is 2. The Kier molecular flexibility index (Phi) is 9.09. The van der Waals surface area contributed by atoms with E-state index in [0.29, 0.717) is 12.8 Å². The van der Waals surface area contributed by atoms with Crippen LogP contribution in [0.15, 0.2) is 37.1 Å². The van der Waals surface area contributed by atoms with Crippen molar-refractivity contribution in [3.8, 4) is 0 Å². The first-order chi connectivity index (χ1) is 9.45. The first-order valence-electron chi connectivity index (χ1n) is 6.76. The third kappa shape index (κ3) is 8.29. The minimum atomic E-state index is -0.763. The van der Waals surface area contributed by atoms with Crippen molar-refractivity contribution in [2.75, 3.05) is 0 Å². The summed E-state index contributed by atoms with van der Waals surface area (Å²) in [5.74, 6) is -0.742. The van der Waals surface area contributed by atoms with Gasteiger partial charge in [0.2, 0.25) is 0 Å². The lowest BCUT2D eigenvalue weighted by atomic mass is 9.93. The van der Waals surface area contributed by atoms with Gasteiger partial charge in [0.1, 0.15) is 5.60 Å². The molecule has 4 nitrogen and oxygen atoms in total. The fraction of sp³-hybridized carbons (Fsp3) is 0.500. The fourth-order valence-electron chi connectivity index (χ4n) is 1.71. The molecule has 0 fully saturated rings. The molecule has 1 unspecified atom stereocenters. The summed E-state index contributed by atoms with van der Waals surface area (Å²) in [6.07, 6.45) is 11.5. The van der Waals surface area contributed by atoms with Gasteiger partial charge < -0.3 is 9.47 Å². The Balaban J connectivity index is 4.69. The van der Waals surface area contributed by atoms with Crippen LogP contribution in [0.2, 0.25) is 0 Å². The third-order valence-corrected chi connectivity index (χ3v) is 2.65. The summed E-state index contributed by atoms with van der Waals surface area (Å²) in [4.78, 5) is 21.9. The first kappa shape index (κ1) is 18.2.